The Hall–Kier alpha value is -2.82. The molecule has 0 spiro atoms. The Labute approximate surface area is 170 Å². The highest BCUT2D eigenvalue weighted by molar-refractivity contribution is 5.79. The summed E-state index contributed by atoms with van der Waals surface area (Å²) in [5, 5.41) is 9.09. The largest absolute Gasteiger partial charge is 0.481 e. The van der Waals surface area contributed by atoms with Crippen molar-refractivity contribution in [3.63, 3.8) is 0 Å². The third-order valence-corrected chi connectivity index (χ3v) is 6.84. The van der Waals surface area contributed by atoms with Crippen molar-refractivity contribution < 1.29 is 19.4 Å². The number of carbonyl (C=O) groups excluding carboxylic acids is 1. The van der Waals surface area contributed by atoms with E-state index in [1.54, 1.807) is 0 Å². The molecule has 2 bridgehead atoms. The maximum Gasteiger partial charge on any atom is 0.410 e. The van der Waals surface area contributed by atoms with E-state index in [4.69, 9.17) is 9.84 Å². The highest BCUT2D eigenvalue weighted by Crippen LogP contribution is 2.45. The number of rotatable bonds is 4. The number of aliphatic carboxylic acids is 1. The average molecular weight is 391 g/mol. The normalized spacial score (nSPS) is 24.8. The Morgan fingerprint density at radius 1 is 0.931 bits per heavy atom. The number of hydrogen-bond acceptors (Lipinski definition) is 3. The summed E-state index contributed by atoms with van der Waals surface area (Å²) < 4.78 is 5.85. The summed E-state index contributed by atoms with van der Waals surface area (Å²) in [5.41, 5.74) is 4.87. The van der Waals surface area contributed by atoms with E-state index in [9.17, 15) is 9.59 Å². The van der Waals surface area contributed by atoms with Gasteiger partial charge in [0.05, 0.1) is 0 Å². The van der Waals surface area contributed by atoms with Gasteiger partial charge in [0.15, 0.2) is 0 Å². The third kappa shape index (κ3) is 3.18. The van der Waals surface area contributed by atoms with Crippen LogP contribution in [0.3, 0.4) is 0 Å². The van der Waals surface area contributed by atoms with Crippen LogP contribution < -0.4 is 0 Å². The van der Waals surface area contributed by atoms with Crippen LogP contribution in [0.15, 0.2) is 48.5 Å². The van der Waals surface area contributed by atoms with Crippen LogP contribution in [0.2, 0.25) is 0 Å². The minimum atomic E-state index is -0.746. The first-order chi connectivity index (χ1) is 14.1. The van der Waals surface area contributed by atoms with Gasteiger partial charge in [0.2, 0.25) is 0 Å². The molecule has 2 atom stereocenters. The number of piperidine rings is 1. The number of hydrogen-bond donors (Lipinski definition) is 1. The van der Waals surface area contributed by atoms with E-state index in [0.29, 0.717) is 6.61 Å². The Balaban J connectivity index is 1.29. The van der Waals surface area contributed by atoms with E-state index in [2.05, 4.69) is 24.3 Å². The molecule has 5 heteroatoms. The van der Waals surface area contributed by atoms with Crippen molar-refractivity contribution in [2.75, 3.05) is 6.61 Å². The van der Waals surface area contributed by atoms with Gasteiger partial charge >= 0.3 is 12.1 Å². The molecule has 1 N–H and O–H groups in total. The van der Waals surface area contributed by atoms with E-state index in [-0.39, 0.29) is 36.4 Å². The lowest BCUT2D eigenvalue weighted by Gasteiger charge is -2.38. The maximum atomic E-state index is 13.0. The molecular weight excluding hydrogens is 366 g/mol. The van der Waals surface area contributed by atoms with E-state index < -0.39 is 5.97 Å². The lowest BCUT2D eigenvalue weighted by Crippen LogP contribution is -2.47. The predicted octanol–water partition coefficient (Wildman–Crippen LogP) is 4.65. The summed E-state index contributed by atoms with van der Waals surface area (Å²) >= 11 is 0. The lowest BCUT2D eigenvalue weighted by atomic mass is 9.88. The van der Waals surface area contributed by atoms with E-state index in [1.165, 1.54) is 22.3 Å². The zero-order valence-corrected chi connectivity index (χ0v) is 16.3. The third-order valence-electron chi connectivity index (χ3n) is 6.84. The smallest absolute Gasteiger partial charge is 0.410 e. The first-order valence-corrected chi connectivity index (χ1v) is 10.5. The molecule has 150 valence electrons. The van der Waals surface area contributed by atoms with Gasteiger partial charge in [0.1, 0.15) is 6.61 Å². The number of carbonyl (C=O) groups is 2. The average Bonchev–Trinajstić information content (AvgIpc) is 3.18. The van der Waals surface area contributed by atoms with Crippen LogP contribution >= 0.6 is 0 Å². The van der Waals surface area contributed by atoms with Crippen LogP contribution in [0, 0.1) is 5.92 Å². The second-order valence-corrected chi connectivity index (χ2v) is 8.53. The summed E-state index contributed by atoms with van der Waals surface area (Å²) in [6.45, 7) is 0.335. The Bertz CT molecular complexity index is 896. The molecule has 0 saturated carbocycles. The second kappa shape index (κ2) is 7.21. The highest BCUT2D eigenvalue weighted by Gasteiger charge is 2.44. The lowest BCUT2D eigenvalue weighted by molar-refractivity contribution is -0.138. The fraction of sp³-hybridized carbons (Fsp3) is 0.417. The van der Waals surface area contributed by atoms with Gasteiger partial charge in [-0.1, -0.05) is 48.5 Å². The van der Waals surface area contributed by atoms with Gasteiger partial charge in [0.25, 0.3) is 0 Å². The SMILES string of the molecule is O=C(O)CC1CC2CCC(C1)N2C(=O)OCC1c2ccccc2-c2ccccc21. The van der Waals surface area contributed by atoms with Crippen LogP contribution in [-0.2, 0) is 9.53 Å². The maximum absolute atomic E-state index is 13.0. The number of ether oxygens (including phenoxy) is 1. The van der Waals surface area contributed by atoms with Gasteiger partial charge in [-0.05, 0) is 53.9 Å². The van der Waals surface area contributed by atoms with Crippen molar-refractivity contribution in [2.45, 2.75) is 50.1 Å². The molecule has 2 saturated heterocycles. The van der Waals surface area contributed by atoms with E-state index in [0.717, 1.165) is 25.7 Å². The summed E-state index contributed by atoms with van der Waals surface area (Å²) in [6, 6.07) is 16.9. The zero-order valence-electron chi connectivity index (χ0n) is 16.3. The number of fused-ring (bicyclic) bond motifs is 5. The van der Waals surface area contributed by atoms with Gasteiger partial charge in [-0.25, -0.2) is 4.79 Å². The van der Waals surface area contributed by atoms with Crippen LogP contribution in [0.25, 0.3) is 11.1 Å². The number of carboxylic acid groups (broad SMARTS) is 1. The topological polar surface area (TPSA) is 66.8 Å². The van der Waals surface area contributed by atoms with Crippen molar-refractivity contribution in [3.05, 3.63) is 59.7 Å². The predicted molar refractivity (Wildman–Crippen MR) is 109 cm³/mol. The van der Waals surface area contributed by atoms with Crippen LogP contribution in [0.4, 0.5) is 4.79 Å². The molecule has 2 aromatic carbocycles. The Morgan fingerprint density at radius 2 is 1.48 bits per heavy atom. The Morgan fingerprint density at radius 3 is 2.03 bits per heavy atom. The standard InChI is InChI=1S/C24H25NO4/c26-23(27)13-15-11-16-9-10-17(12-15)25(16)24(28)29-14-22-20-7-3-1-5-18(20)19-6-2-4-8-21(19)22/h1-8,15-17,22H,9-14H2,(H,26,27). The summed E-state index contributed by atoms with van der Waals surface area (Å²) in [4.78, 5) is 25.9. The van der Waals surface area contributed by atoms with Gasteiger partial charge in [-0.2, -0.15) is 0 Å². The van der Waals surface area contributed by atoms with Crippen molar-refractivity contribution in [1.82, 2.24) is 4.90 Å². The number of benzene rings is 2. The summed E-state index contributed by atoms with van der Waals surface area (Å²) in [7, 11) is 0. The molecule has 29 heavy (non-hydrogen) atoms. The van der Waals surface area contributed by atoms with Gasteiger partial charge < -0.3 is 14.7 Å². The van der Waals surface area contributed by atoms with Crippen molar-refractivity contribution in [1.29, 1.82) is 0 Å². The summed E-state index contributed by atoms with van der Waals surface area (Å²) in [5.74, 6) is -0.514. The quantitative estimate of drug-likeness (QED) is 0.824. The molecule has 2 unspecified atom stereocenters. The molecule has 0 aromatic heterocycles. The molecule has 2 fully saturated rings. The van der Waals surface area contributed by atoms with Crippen molar-refractivity contribution in [3.8, 4) is 11.1 Å². The minimum Gasteiger partial charge on any atom is -0.481 e. The highest BCUT2D eigenvalue weighted by atomic mass is 16.6. The van der Waals surface area contributed by atoms with Crippen molar-refractivity contribution in [2.24, 2.45) is 5.92 Å². The fourth-order valence-electron chi connectivity index (χ4n) is 5.67. The van der Waals surface area contributed by atoms with Gasteiger partial charge in [-0.3, -0.25) is 4.79 Å². The minimum absolute atomic E-state index is 0.0635. The molecule has 2 heterocycles. The number of carboxylic acids is 1. The van der Waals surface area contributed by atoms with Crippen LogP contribution in [0.1, 0.15) is 49.1 Å². The first kappa shape index (κ1) is 18.2. The summed E-state index contributed by atoms with van der Waals surface area (Å²) in [6.07, 6.45) is 3.40. The van der Waals surface area contributed by atoms with Crippen LogP contribution in [0.5, 0.6) is 0 Å². The molecule has 0 radical (unpaired) electrons. The molecule has 5 rings (SSSR count). The van der Waals surface area contributed by atoms with Crippen molar-refractivity contribution >= 4 is 12.1 Å². The van der Waals surface area contributed by atoms with Gasteiger partial charge in [0, 0.05) is 24.4 Å². The molecule has 3 aliphatic rings. The number of nitrogens with zero attached hydrogens (tertiary/aromatic N) is 1. The van der Waals surface area contributed by atoms with E-state index >= 15 is 0 Å². The van der Waals surface area contributed by atoms with Crippen LogP contribution in [-0.4, -0.2) is 40.8 Å². The fourth-order valence-corrected chi connectivity index (χ4v) is 5.67. The van der Waals surface area contributed by atoms with Gasteiger partial charge in [-0.15, -0.1) is 0 Å². The molecule has 2 aliphatic heterocycles. The van der Waals surface area contributed by atoms with E-state index in [1.807, 2.05) is 29.2 Å². The molecule has 1 aliphatic carbocycles. The molecular formula is C24H25NO4. The Kier molecular flexibility index (Phi) is 4.53. The molecule has 1 amide bonds. The first-order valence-electron chi connectivity index (χ1n) is 10.5. The molecule has 2 aromatic rings. The monoisotopic (exact) mass is 391 g/mol. The second-order valence-electron chi connectivity index (χ2n) is 8.53. The zero-order chi connectivity index (χ0) is 20.0. The molecule has 5 nitrogen and oxygen atoms in total. The number of amides is 1.